The van der Waals surface area contributed by atoms with E-state index in [2.05, 4.69) is 79.4 Å². The molecule has 0 fully saturated rings. The number of aromatic nitrogens is 2. The number of hydrogen-bond acceptors (Lipinski definition) is 0. The van der Waals surface area contributed by atoms with Crippen molar-refractivity contribution < 1.29 is 4.57 Å². The first-order chi connectivity index (χ1) is 10.5. The first-order valence-corrected chi connectivity index (χ1v) is 8.04. The van der Waals surface area contributed by atoms with Crippen molar-refractivity contribution in [3.05, 3.63) is 53.6 Å². The SMILES string of the molecule is Cc1ccccc1-c1n(C)c2cccc3c2[n+]1CC(C)(C)C3. The highest BCUT2D eigenvalue weighted by molar-refractivity contribution is 5.80. The van der Waals surface area contributed by atoms with Gasteiger partial charge in [-0.05, 0) is 31.0 Å². The standard InChI is InChI=1S/C20H23N2/c1-14-8-5-6-10-16(14)19-21(4)17-11-7-9-15-12-20(2,3)13-22(19)18(15)17/h5-11H,12-13H2,1-4H3/q+1. The fraction of sp³-hybridized carbons (Fsp3) is 0.350. The summed E-state index contributed by atoms with van der Waals surface area (Å²) in [5, 5.41) is 0. The van der Waals surface area contributed by atoms with E-state index in [4.69, 9.17) is 0 Å². The molecule has 2 heterocycles. The minimum atomic E-state index is 0.296. The fourth-order valence-electron chi connectivity index (χ4n) is 4.01. The third kappa shape index (κ3) is 1.83. The molecule has 0 saturated carbocycles. The van der Waals surface area contributed by atoms with Crippen LogP contribution in [0.25, 0.3) is 22.4 Å². The van der Waals surface area contributed by atoms with E-state index in [1.807, 2.05) is 0 Å². The molecule has 0 atom stereocenters. The predicted molar refractivity (Wildman–Crippen MR) is 90.8 cm³/mol. The van der Waals surface area contributed by atoms with Crippen molar-refractivity contribution in [2.75, 3.05) is 0 Å². The lowest BCUT2D eigenvalue weighted by atomic mass is 9.82. The van der Waals surface area contributed by atoms with E-state index in [0.29, 0.717) is 5.41 Å². The van der Waals surface area contributed by atoms with Gasteiger partial charge in [0, 0.05) is 11.0 Å². The summed E-state index contributed by atoms with van der Waals surface area (Å²) in [7, 11) is 2.20. The van der Waals surface area contributed by atoms with E-state index >= 15 is 0 Å². The highest BCUT2D eigenvalue weighted by atomic mass is 15.2. The molecule has 0 spiro atoms. The molecule has 2 aromatic carbocycles. The molecule has 1 aromatic heterocycles. The Morgan fingerprint density at radius 3 is 2.59 bits per heavy atom. The maximum absolute atomic E-state index is 2.54. The van der Waals surface area contributed by atoms with Crippen molar-refractivity contribution in [2.24, 2.45) is 12.5 Å². The van der Waals surface area contributed by atoms with Gasteiger partial charge >= 0.3 is 0 Å². The summed E-state index contributed by atoms with van der Waals surface area (Å²) in [5.74, 6) is 1.33. The fourth-order valence-corrected chi connectivity index (χ4v) is 4.01. The average Bonchev–Trinajstić information content (AvgIpc) is 2.73. The maximum Gasteiger partial charge on any atom is 0.289 e. The minimum absolute atomic E-state index is 0.296. The number of hydrogen-bond donors (Lipinski definition) is 0. The largest absolute Gasteiger partial charge is 0.289 e. The highest BCUT2D eigenvalue weighted by Gasteiger charge is 2.36. The van der Waals surface area contributed by atoms with Crippen LogP contribution in [0.1, 0.15) is 25.0 Å². The molecule has 2 nitrogen and oxygen atoms in total. The second-order valence-corrected chi connectivity index (χ2v) is 7.41. The number of benzene rings is 2. The van der Waals surface area contributed by atoms with Crippen LogP contribution in [0.15, 0.2) is 42.5 Å². The molecule has 0 aliphatic carbocycles. The Morgan fingerprint density at radius 1 is 1.05 bits per heavy atom. The first kappa shape index (κ1) is 13.6. The first-order valence-electron chi connectivity index (χ1n) is 8.04. The van der Waals surface area contributed by atoms with Crippen LogP contribution >= 0.6 is 0 Å². The number of imidazole rings is 1. The number of rotatable bonds is 1. The summed E-state index contributed by atoms with van der Waals surface area (Å²) >= 11 is 0. The summed E-state index contributed by atoms with van der Waals surface area (Å²) in [5.41, 5.74) is 7.20. The molecule has 0 unspecified atom stereocenters. The summed E-state index contributed by atoms with van der Waals surface area (Å²) in [6.45, 7) is 8.02. The third-order valence-corrected chi connectivity index (χ3v) is 4.94. The Kier molecular flexibility index (Phi) is 2.75. The molecule has 22 heavy (non-hydrogen) atoms. The lowest BCUT2D eigenvalue weighted by Gasteiger charge is -2.27. The number of para-hydroxylation sites is 1. The summed E-state index contributed by atoms with van der Waals surface area (Å²) < 4.78 is 4.90. The lowest BCUT2D eigenvalue weighted by molar-refractivity contribution is -0.677. The van der Waals surface area contributed by atoms with Crippen LogP contribution in [0.3, 0.4) is 0 Å². The molecule has 3 aromatic rings. The van der Waals surface area contributed by atoms with Crippen LogP contribution in [0.4, 0.5) is 0 Å². The Labute approximate surface area is 132 Å². The van der Waals surface area contributed by atoms with Gasteiger partial charge in [0.1, 0.15) is 0 Å². The topological polar surface area (TPSA) is 8.81 Å². The van der Waals surface area contributed by atoms with E-state index in [1.165, 1.54) is 33.5 Å². The van der Waals surface area contributed by atoms with E-state index in [1.54, 1.807) is 0 Å². The van der Waals surface area contributed by atoms with Crippen molar-refractivity contribution in [3.8, 4) is 11.4 Å². The van der Waals surface area contributed by atoms with Crippen LogP contribution in [0, 0.1) is 12.3 Å². The monoisotopic (exact) mass is 291 g/mol. The zero-order valence-corrected chi connectivity index (χ0v) is 13.9. The van der Waals surface area contributed by atoms with Crippen LogP contribution in [-0.4, -0.2) is 4.57 Å². The molecule has 0 bridgehead atoms. The third-order valence-electron chi connectivity index (χ3n) is 4.94. The smallest absolute Gasteiger partial charge is 0.226 e. The molecule has 1 aliphatic rings. The molecular weight excluding hydrogens is 268 g/mol. The van der Waals surface area contributed by atoms with Gasteiger partial charge in [-0.25, -0.2) is 9.13 Å². The van der Waals surface area contributed by atoms with Crippen molar-refractivity contribution in [2.45, 2.75) is 33.7 Å². The normalized spacial score (nSPS) is 16.2. The van der Waals surface area contributed by atoms with Crippen molar-refractivity contribution in [3.63, 3.8) is 0 Å². The van der Waals surface area contributed by atoms with Crippen LogP contribution < -0.4 is 4.57 Å². The zero-order valence-electron chi connectivity index (χ0n) is 13.9. The quantitative estimate of drug-likeness (QED) is 0.599. The molecule has 0 radical (unpaired) electrons. The van der Waals surface area contributed by atoms with Crippen molar-refractivity contribution in [1.29, 1.82) is 0 Å². The number of nitrogens with zero attached hydrogens (tertiary/aromatic N) is 2. The van der Waals surface area contributed by atoms with Crippen LogP contribution in [0.5, 0.6) is 0 Å². The van der Waals surface area contributed by atoms with Gasteiger partial charge in [-0.2, -0.15) is 0 Å². The molecule has 112 valence electrons. The van der Waals surface area contributed by atoms with Gasteiger partial charge in [0.25, 0.3) is 5.82 Å². The Balaban J connectivity index is 2.12. The van der Waals surface area contributed by atoms with Crippen molar-refractivity contribution in [1.82, 2.24) is 4.57 Å². The van der Waals surface area contributed by atoms with E-state index in [9.17, 15) is 0 Å². The Hall–Kier alpha value is -2.09. The lowest BCUT2D eigenvalue weighted by Crippen LogP contribution is -2.47. The van der Waals surface area contributed by atoms with Gasteiger partial charge in [0.05, 0.1) is 19.2 Å². The Morgan fingerprint density at radius 2 is 1.82 bits per heavy atom. The Bertz CT molecular complexity index is 884. The van der Waals surface area contributed by atoms with Gasteiger partial charge < -0.3 is 0 Å². The molecule has 0 saturated heterocycles. The van der Waals surface area contributed by atoms with Gasteiger partial charge in [0.2, 0.25) is 0 Å². The second-order valence-electron chi connectivity index (χ2n) is 7.41. The molecular formula is C20H23N2+. The maximum atomic E-state index is 2.54. The summed E-state index contributed by atoms with van der Waals surface area (Å²) in [6, 6.07) is 15.4. The molecule has 0 amide bonds. The summed E-state index contributed by atoms with van der Waals surface area (Å²) in [4.78, 5) is 0. The van der Waals surface area contributed by atoms with Crippen molar-refractivity contribution >= 4 is 11.0 Å². The van der Waals surface area contributed by atoms with Gasteiger partial charge in [0.15, 0.2) is 11.0 Å². The van der Waals surface area contributed by atoms with Gasteiger partial charge in [-0.15, -0.1) is 0 Å². The zero-order chi connectivity index (χ0) is 15.5. The summed E-state index contributed by atoms with van der Waals surface area (Å²) in [6.07, 6.45) is 1.15. The second kappa shape index (κ2) is 4.45. The minimum Gasteiger partial charge on any atom is -0.226 e. The van der Waals surface area contributed by atoms with E-state index in [0.717, 1.165) is 13.0 Å². The predicted octanol–water partition coefficient (Wildman–Crippen LogP) is 4.02. The van der Waals surface area contributed by atoms with E-state index in [-0.39, 0.29) is 0 Å². The van der Waals surface area contributed by atoms with Crippen LogP contribution in [0.2, 0.25) is 0 Å². The average molecular weight is 291 g/mol. The van der Waals surface area contributed by atoms with Crippen LogP contribution in [-0.2, 0) is 20.0 Å². The number of aryl methyl sites for hydroxylation is 2. The molecule has 0 N–H and O–H groups in total. The molecule has 4 rings (SSSR count). The van der Waals surface area contributed by atoms with E-state index < -0.39 is 0 Å². The highest BCUT2D eigenvalue weighted by Crippen LogP contribution is 2.34. The van der Waals surface area contributed by atoms with Gasteiger partial charge in [-0.3, -0.25) is 0 Å². The molecule has 1 aliphatic heterocycles. The molecule has 2 heteroatoms. The van der Waals surface area contributed by atoms with Gasteiger partial charge in [-0.1, -0.05) is 44.2 Å².